The Morgan fingerprint density at radius 3 is 2.68 bits per heavy atom. The number of carbonyl (C=O) groups excluding carboxylic acids is 1. The number of hydrogen-bond donors (Lipinski definition) is 4. The quantitative estimate of drug-likeness (QED) is 0.0655. The molecule has 4 heterocycles. The number of ether oxygens (including phenoxy) is 2. The summed E-state index contributed by atoms with van der Waals surface area (Å²) in [6, 6.07) is 18.0. The lowest BCUT2D eigenvalue weighted by Crippen LogP contribution is -2.60. The van der Waals surface area contributed by atoms with E-state index in [0.29, 0.717) is 74.1 Å². The fourth-order valence-corrected chi connectivity index (χ4v) is 9.96. The van der Waals surface area contributed by atoms with Crippen molar-refractivity contribution in [2.24, 2.45) is 11.8 Å². The first-order chi connectivity index (χ1) is 29.8. The Morgan fingerprint density at radius 2 is 1.90 bits per heavy atom. The second-order valence-corrected chi connectivity index (χ2v) is 18.9. The maximum absolute atomic E-state index is 15.6. The number of nitrogens with zero attached hydrogens (tertiary/aromatic N) is 3. The summed E-state index contributed by atoms with van der Waals surface area (Å²) >= 11 is 6.27. The Balaban J connectivity index is 1.11. The largest absolute Gasteiger partial charge is 0.455 e. The average molecular weight is 886 g/mol. The van der Waals surface area contributed by atoms with E-state index in [1.807, 2.05) is 22.9 Å². The van der Waals surface area contributed by atoms with Crippen molar-refractivity contribution in [3.05, 3.63) is 117 Å². The van der Waals surface area contributed by atoms with Crippen LogP contribution in [-0.2, 0) is 14.8 Å². The summed E-state index contributed by atoms with van der Waals surface area (Å²) in [7, 11) is -4.84. The summed E-state index contributed by atoms with van der Waals surface area (Å²) in [5.74, 6) is -1.24. The molecule has 2 saturated heterocycles. The number of hydrogen-bond acceptors (Lipinski definition) is 11. The van der Waals surface area contributed by atoms with Crippen LogP contribution >= 0.6 is 11.6 Å². The predicted molar refractivity (Wildman–Crippen MR) is 237 cm³/mol. The highest BCUT2D eigenvalue weighted by molar-refractivity contribution is 7.90. The van der Waals surface area contributed by atoms with Gasteiger partial charge in [0, 0.05) is 73.8 Å². The topological polar surface area (TPSA) is 181 Å². The Labute approximate surface area is 364 Å². The monoisotopic (exact) mass is 885 g/mol. The summed E-state index contributed by atoms with van der Waals surface area (Å²) < 4.78 is 56.8. The fraction of sp³-hybridized carbons (Fsp3) is 0.378. The number of anilines is 2. The molecule has 17 heteroatoms. The molecule has 62 heavy (non-hydrogen) atoms. The molecule has 2 atom stereocenters. The summed E-state index contributed by atoms with van der Waals surface area (Å²) in [4.78, 5) is 34.3. The van der Waals surface area contributed by atoms with Gasteiger partial charge in [0.1, 0.15) is 22.8 Å². The normalized spacial score (nSPS) is 20.0. The number of amides is 1. The standard InChI is InChI=1S/C45H49ClFN7O7S/c1-28-3-4-32(38(19-28)30-5-7-33(46)8-6-30)24-45(2)27-48-15-16-53(45)34-9-10-37(41(21-34)61-35-20-31-11-14-49-43(31)51-26-35)44(55)52-62(58,59)36-22-39(47)42(40(23-36)54(56)57)50-25-29-12-17-60-18-13-29/h5-11,14,20-23,26,28-29,48,50H,3-4,12-13,15-19,24-25,27H2,1-2H3,(H,49,51)(H,52,55)/t28-,45-/m1/s1. The van der Waals surface area contributed by atoms with Gasteiger partial charge in [-0.15, -0.1) is 0 Å². The molecule has 8 rings (SSSR count). The molecule has 5 aromatic rings. The van der Waals surface area contributed by atoms with Crippen LogP contribution in [0.15, 0.2) is 89.6 Å². The minimum absolute atomic E-state index is 0.0464. The van der Waals surface area contributed by atoms with Crippen molar-refractivity contribution in [1.82, 2.24) is 20.0 Å². The molecule has 3 aromatic carbocycles. The van der Waals surface area contributed by atoms with Gasteiger partial charge in [0.05, 0.1) is 27.1 Å². The third kappa shape index (κ3) is 9.43. The number of nitrogens with one attached hydrogen (secondary N) is 4. The van der Waals surface area contributed by atoms with Gasteiger partial charge in [-0.25, -0.2) is 22.5 Å². The highest BCUT2D eigenvalue weighted by Gasteiger charge is 2.38. The minimum atomic E-state index is -4.84. The molecule has 2 fully saturated rings. The van der Waals surface area contributed by atoms with E-state index < -0.39 is 48.5 Å². The number of aromatic nitrogens is 2. The molecule has 2 aliphatic heterocycles. The Hall–Kier alpha value is -5.55. The third-order valence-corrected chi connectivity index (χ3v) is 13.7. The van der Waals surface area contributed by atoms with E-state index in [2.05, 4.69) is 51.5 Å². The minimum Gasteiger partial charge on any atom is -0.455 e. The van der Waals surface area contributed by atoms with E-state index in [1.54, 1.807) is 24.4 Å². The highest BCUT2D eigenvalue weighted by Crippen LogP contribution is 2.43. The second-order valence-electron chi connectivity index (χ2n) is 16.7. The molecule has 4 N–H and O–H groups in total. The van der Waals surface area contributed by atoms with E-state index in [1.165, 1.54) is 29.0 Å². The maximum atomic E-state index is 15.6. The molecule has 0 saturated carbocycles. The van der Waals surface area contributed by atoms with Crippen LogP contribution in [-0.4, -0.2) is 74.1 Å². The molecule has 2 aromatic heterocycles. The molecule has 0 radical (unpaired) electrons. The first-order valence-electron chi connectivity index (χ1n) is 20.8. The van der Waals surface area contributed by atoms with E-state index in [4.69, 9.17) is 21.1 Å². The lowest BCUT2D eigenvalue weighted by molar-refractivity contribution is -0.384. The summed E-state index contributed by atoms with van der Waals surface area (Å²) in [5, 5.41) is 19.9. The number of aromatic amines is 1. The average Bonchev–Trinajstić information content (AvgIpc) is 3.72. The van der Waals surface area contributed by atoms with Gasteiger partial charge in [-0.1, -0.05) is 36.2 Å². The van der Waals surface area contributed by atoms with Gasteiger partial charge in [-0.2, -0.15) is 0 Å². The van der Waals surface area contributed by atoms with E-state index in [9.17, 15) is 23.3 Å². The van der Waals surface area contributed by atoms with E-state index in [-0.39, 0.29) is 23.8 Å². The first kappa shape index (κ1) is 43.1. The fourth-order valence-electron chi connectivity index (χ4n) is 8.84. The van der Waals surface area contributed by atoms with Gasteiger partial charge in [0.15, 0.2) is 5.82 Å². The first-order valence-corrected chi connectivity index (χ1v) is 22.7. The zero-order chi connectivity index (χ0) is 43.6. The van der Waals surface area contributed by atoms with Crippen molar-refractivity contribution in [1.29, 1.82) is 0 Å². The molecule has 1 amide bonds. The van der Waals surface area contributed by atoms with Gasteiger partial charge >= 0.3 is 0 Å². The van der Waals surface area contributed by atoms with Crippen molar-refractivity contribution in [3.8, 4) is 11.5 Å². The number of sulfonamides is 1. The van der Waals surface area contributed by atoms with Gasteiger partial charge < -0.3 is 30.0 Å². The molecule has 326 valence electrons. The summed E-state index contributed by atoms with van der Waals surface area (Å²) in [6.07, 6.45) is 8.39. The van der Waals surface area contributed by atoms with Crippen LogP contribution in [0.5, 0.6) is 11.5 Å². The SMILES string of the molecule is C[C@@H]1CCC(C[C@]2(C)CNCCN2c2ccc(C(=O)NS(=O)(=O)c3cc(F)c(NCC4CCOCC4)c([N+](=O)[O-])c3)c(Oc3cnc4[nH]ccc4c3)c2)=C(c2ccc(Cl)cc2)C1. The van der Waals surface area contributed by atoms with Crippen LogP contribution in [0.3, 0.4) is 0 Å². The Bertz CT molecular complexity index is 2630. The molecule has 14 nitrogen and oxygen atoms in total. The molecular formula is C45H49ClFN7O7S. The van der Waals surface area contributed by atoms with Gasteiger partial charge in [-0.3, -0.25) is 14.9 Å². The number of H-pyrrole nitrogens is 1. The van der Waals surface area contributed by atoms with Crippen LogP contribution < -0.4 is 25.0 Å². The van der Waals surface area contributed by atoms with Crippen molar-refractivity contribution in [2.75, 3.05) is 49.6 Å². The Morgan fingerprint density at radius 1 is 1.11 bits per heavy atom. The van der Waals surface area contributed by atoms with Crippen molar-refractivity contribution in [2.45, 2.75) is 62.8 Å². The van der Waals surface area contributed by atoms with E-state index in [0.717, 1.165) is 42.8 Å². The lowest BCUT2D eigenvalue weighted by Gasteiger charge is -2.48. The number of nitro benzene ring substituents is 1. The summed E-state index contributed by atoms with van der Waals surface area (Å²) in [5.41, 5.74) is 3.51. The van der Waals surface area contributed by atoms with Gasteiger partial charge in [-0.05, 0) is 111 Å². The zero-order valence-electron chi connectivity index (χ0n) is 34.5. The predicted octanol–water partition coefficient (Wildman–Crippen LogP) is 8.85. The second kappa shape index (κ2) is 18.0. The van der Waals surface area contributed by atoms with Crippen LogP contribution in [0, 0.1) is 27.8 Å². The number of halogens is 2. The van der Waals surface area contributed by atoms with Crippen LogP contribution in [0.4, 0.5) is 21.5 Å². The number of fused-ring (bicyclic) bond motifs is 1. The number of rotatable bonds is 13. The van der Waals surface area contributed by atoms with Crippen molar-refractivity contribution in [3.63, 3.8) is 0 Å². The number of allylic oxidation sites excluding steroid dienone is 1. The van der Waals surface area contributed by atoms with Crippen molar-refractivity contribution < 1.29 is 32.0 Å². The zero-order valence-corrected chi connectivity index (χ0v) is 36.1. The highest BCUT2D eigenvalue weighted by atomic mass is 35.5. The van der Waals surface area contributed by atoms with Crippen LogP contribution in [0.2, 0.25) is 5.02 Å². The molecule has 0 spiro atoms. The number of carbonyl (C=O) groups is 1. The maximum Gasteiger partial charge on any atom is 0.296 e. The van der Waals surface area contributed by atoms with Gasteiger partial charge in [0.25, 0.3) is 21.6 Å². The summed E-state index contributed by atoms with van der Waals surface area (Å²) in [6.45, 7) is 7.81. The van der Waals surface area contributed by atoms with Crippen LogP contribution in [0.25, 0.3) is 16.6 Å². The van der Waals surface area contributed by atoms with Crippen LogP contribution in [0.1, 0.15) is 68.3 Å². The molecule has 3 aliphatic rings. The number of benzene rings is 3. The van der Waals surface area contributed by atoms with Crippen molar-refractivity contribution >= 4 is 61.2 Å². The third-order valence-electron chi connectivity index (χ3n) is 12.2. The molecular weight excluding hydrogens is 837 g/mol. The molecule has 0 unspecified atom stereocenters. The number of pyridine rings is 1. The number of piperazine rings is 1. The number of nitro groups is 1. The van der Waals surface area contributed by atoms with Gasteiger partial charge in [0.2, 0.25) is 0 Å². The lowest BCUT2D eigenvalue weighted by atomic mass is 9.76. The smallest absolute Gasteiger partial charge is 0.296 e. The molecule has 1 aliphatic carbocycles. The molecule has 0 bridgehead atoms. The van der Waals surface area contributed by atoms with E-state index >= 15 is 4.39 Å². The Kier molecular flexibility index (Phi) is 12.5.